The number of anilines is 1. The molecule has 1 saturated heterocycles. The second kappa shape index (κ2) is 9.65. The van der Waals surface area contributed by atoms with Gasteiger partial charge >= 0.3 is 0 Å². The van der Waals surface area contributed by atoms with Gasteiger partial charge < -0.3 is 14.2 Å². The first-order valence-corrected chi connectivity index (χ1v) is 11.0. The summed E-state index contributed by atoms with van der Waals surface area (Å²) in [5.74, 6) is 1.82. The summed E-state index contributed by atoms with van der Waals surface area (Å²) >= 11 is 10.2. The number of thioether (sulfide) groups is 1. The average Bonchev–Trinajstić information content (AvgIpc) is 2.98. The first-order valence-electron chi connectivity index (χ1n) is 8.99. The first kappa shape index (κ1) is 21.7. The van der Waals surface area contributed by atoms with Crippen LogP contribution in [0.1, 0.15) is 19.4 Å². The SMILES string of the molecule is CCOc1ccc(N2C(=O)/C(=C\c3cc(Br)c(OCC)c(OC)c3)SC2=S)cc1. The molecule has 0 spiro atoms. The highest BCUT2D eigenvalue weighted by Crippen LogP contribution is 2.40. The number of benzene rings is 2. The van der Waals surface area contributed by atoms with E-state index in [2.05, 4.69) is 15.9 Å². The monoisotopic (exact) mass is 493 g/mol. The largest absolute Gasteiger partial charge is 0.494 e. The van der Waals surface area contributed by atoms with Gasteiger partial charge in [0, 0.05) is 0 Å². The normalized spacial score (nSPS) is 15.2. The van der Waals surface area contributed by atoms with Gasteiger partial charge in [0.1, 0.15) is 5.75 Å². The lowest BCUT2D eigenvalue weighted by Gasteiger charge is -2.15. The van der Waals surface area contributed by atoms with Crippen molar-refractivity contribution in [2.45, 2.75) is 13.8 Å². The van der Waals surface area contributed by atoms with Crippen molar-refractivity contribution >= 4 is 61.9 Å². The smallest absolute Gasteiger partial charge is 0.270 e. The standard InChI is InChI=1S/C21H20BrNO4S2/c1-4-26-15-8-6-14(7-9-15)23-20(24)18(29-21(23)28)12-13-10-16(22)19(27-5-2)17(11-13)25-3/h6-12H,4-5H2,1-3H3/b18-12+. The van der Waals surface area contributed by atoms with Gasteiger partial charge in [0.05, 0.1) is 35.4 Å². The van der Waals surface area contributed by atoms with Gasteiger partial charge in [0.15, 0.2) is 15.8 Å². The number of thiocarbonyl (C=S) groups is 1. The van der Waals surface area contributed by atoms with Gasteiger partial charge in [-0.05, 0) is 77.8 Å². The number of ether oxygens (including phenoxy) is 3. The van der Waals surface area contributed by atoms with Gasteiger partial charge in [-0.1, -0.05) is 24.0 Å². The van der Waals surface area contributed by atoms with E-state index in [1.54, 1.807) is 13.2 Å². The zero-order valence-corrected chi connectivity index (χ0v) is 19.4. The molecular formula is C21H20BrNO4S2. The van der Waals surface area contributed by atoms with Crippen molar-refractivity contribution in [2.24, 2.45) is 0 Å². The summed E-state index contributed by atoms with van der Waals surface area (Å²) in [6.45, 7) is 4.94. The molecule has 8 heteroatoms. The van der Waals surface area contributed by atoms with Crippen molar-refractivity contribution in [1.82, 2.24) is 0 Å². The summed E-state index contributed by atoms with van der Waals surface area (Å²) in [5, 5.41) is 0. The lowest BCUT2D eigenvalue weighted by Crippen LogP contribution is -2.27. The van der Waals surface area contributed by atoms with Crippen molar-refractivity contribution in [2.75, 3.05) is 25.2 Å². The zero-order valence-electron chi connectivity index (χ0n) is 16.2. The minimum atomic E-state index is -0.159. The highest BCUT2D eigenvalue weighted by molar-refractivity contribution is 9.10. The van der Waals surface area contributed by atoms with Crippen LogP contribution >= 0.6 is 39.9 Å². The van der Waals surface area contributed by atoms with E-state index >= 15 is 0 Å². The maximum Gasteiger partial charge on any atom is 0.270 e. The number of hydrogen-bond donors (Lipinski definition) is 0. The molecule has 2 aromatic rings. The van der Waals surface area contributed by atoms with E-state index in [9.17, 15) is 4.79 Å². The molecule has 29 heavy (non-hydrogen) atoms. The molecule has 0 aliphatic carbocycles. The predicted octanol–water partition coefficient (Wildman–Crippen LogP) is 5.66. The number of halogens is 1. The average molecular weight is 494 g/mol. The molecule has 152 valence electrons. The fourth-order valence-electron chi connectivity index (χ4n) is 2.81. The van der Waals surface area contributed by atoms with E-state index in [0.717, 1.165) is 15.8 Å². The number of methoxy groups -OCH3 is 1. The van der Waals surface area contributed by atoms with E-state index in [-0.39, 0.29) is 5.91 Å². The number of amides is 1. The summed E-state index contributed by atoms with van der Waals surface area (Å²) in [4.78, 5) is 15.1. The van der Waals surface area contributed by atoms with E-state index in [0.29, 0.717) is 39.6 Å². The van der Waals surface area contributed by atoms with Crippen LogP contribution in [0.4, 0.5) is 5.69 Å². The molecule has 1 aliphatic heterocycles. The van der Waals surface area contributed by atoms with E-state index < -0.39 is 0 Å². The van der Waals surface area contributed by atoms with E-state index in [4.69, 9.17) is 26.4 Å². The van der Waals surface area contributed by atoms with Gasteiger partial charge in [-0.25, -0.2) is 0 Å². The Labute approximate surface area is 188 Å². The van der Waals surface area contributed by atoms with Gasteiger partial charge in [-0.2, -0.15) is 0 Å². The topological polar surface area (TPSA) is 48.0 Å². The Morgan fingerprint density at radius 1 is 1.14 bits per heavy atom. The molecule has 1 fully saturated rings. The van der Waals surface area contributed by atoms with Crippen LogP contribution < -0.4 is 19.1 Å². The second-order valence-electron chi connectivity index (χ2n) is 5.91. The third-order valence-electron chi connectivity index (χ3n) is 4.04. The van der Waals surface area contributed by atoms with Gasteiger partial charge in [-0.3, -0.25) is 9.69 Å². The molecule has 0 bridgehead atoms. The molecule has 1 aliphatic rings. The number of hydrogen-bond acceptors (Lipinski definition) is 6. The number of rotatable bonds is 7. The van der Waals surface area contributed by atoms with Crippen molar-refractivity contribution in [1.29, 1.82) is 0 Å². The second-order valence-corrected chi connectivity index (χ2v) is 8.44. The molecule has 2 aromatic carbocycles. The molecule has 1 heterocycles. The Bertz CT molecular complexity index is 960. The Morgan fingerprint density at radius 2 is 1.83 bits per heavy atom. The Kier molecular flexibility index (Phi) is 7.21. The van der Waals surface area contributed by atoms with Crippen LogP contribution in [0.2, 0.25) is 0 Å². The summed E-state index contributed by atoms with van der Waals surface area (Å²) < 4.78 is 17.8. The third kappa shape index (κ3) is 4.76. The van der Waals surface area contributed by atoms with Crippen LogP contribution in [-0.4, -0.2) is 30.6 Å². The first-order chi connectivity index (χ1) is 14.0. The van der Waals surface area contributed by atoms with Crippen LogP contribution in [0, 0.1) is 0 Å². The number of nitrogens with zero attached hydrogens (tertiary/aromatic N) is 1. The lowest BCUT2D eigenvalue weighted by atomic mass is 10.1. The summed E-state index contributed by atoms with van der Waals surface area (Å²) in [6, 6.07) is 11.0. The van der Waals surface area contributed by atoms with Crippen molar-refractivity contribution in [3.8, 4) is 17.2 Å². The van der Waals surface area contributed by atoms with E-state index in [1.165, 1.54) is 16.7 Å². The Balaban J connectivity index is 1.89. The van der Waals surface area contributed by atoms with E-state index in [1.807, 2.05) is 50.2 Å². The van der Waals surface area contributed by atoms with Crippen LogP contribution in [0.25, 0.3) is 6.08 Å². The van der Waals surface area contributed by atoms with Crippen molar-refractivity contribution < 1.29 is 19.0 Å². The van der Waals surface area contributed by atoms with Gasteiger partial charge in [-0.15, -0.1) is 0 Å². The van der Waals surface area contributed by atoms with Gasteiger partial charge in [0.25, 0.3) is 5.91 Å². The van der Waals surface area contributed by atoms with Crippen LogP contribution in [0.15, 0.2) is 45.8 Å². The van der Waals surface area contributed by atoms with Crippen molar-refractivity contribution in [3.05, 3.63) is 51.3 Å². The molecular weight excluding hydrogens is 474 g/mol. The summed E-state index contributed by atoms with van der Waals surface area (Å²) in [7, 11) is 1.58. The molecule has 0 saturated carbocycles. The van der Waals surface area contributed by atoms with Crippen LogP contribution in [0.3, 0.4) is 0 Å². The Morgan fingerprint density at radius 3 is 2.45 bits per heavy atom. The molecule has 0 radical (unpaired) electrons. The molecule has 0 unspecified atom stereocenters. The van der Waals surface area contributed by atoms with Crippen LogP contribution in [-0.2, 0) is 4.79 Å². The molecule has 0 atom stereocenters. The molecule has 1 amide bonds. The minimum absolute atomic E-state index is 0.159. The third-order valence-corrected chi connectivity index (χ3v) is 5.93. The summed E-state index contributed by atoms with van der Waals surface area (Å²) in [6.07, 6.45) is 1.80. The lowest BCUT2D eigenvalue weighted by molar-refractivity contribution is -0.113. The maximum absolute atomic E-state index is 13.0. The maximum atomic E-state index is 13.0. The van der Waals surface area contributed by atoms with Gasteiger partial charge in [0.2, 0.25) is 0 Å². The highest BCUT2D eigenvalue weighted by Gasteiger charge is 2.33. The molecule has 0 N–H and O–H groups in total. The number of carbonyl (C=O) groups is 1. The predicted molar refractivity (Wildman–Crippen MR) is 125 cm³/mol. The highest BCUT2D eigenvalue weighted by atomic mass is 79.9. The molecule has 5 nitrogen and oxygen atoms in total. The molecule has 3 rings (SSSR count). The minimum Gasteiger partial charge on any atom is -0.494 e. The Hall–Kier alpha value is -2.03. The fraction of sp³-hybridized carbons (Fsp3) is 0.238. The van der Waals surface area contributed by atoms with Crippen molar-refractivity contribution in [3.63, 3.8) is 0 Å². The van der Waals surface area contributed by atoms with Crippen LogP contribution in [0.5, 0.6) is 17.2 Å². The fourth-order valence-corrected chi connectivity index (χ4v) is 4.68. The molecule has 0 aromatic heterocycles. The summed E-state index contributed by atoms with van der Waals surface area (Å²) in [5.41, 5.74) is 1.52. The quantitative estimate of drug-likeness (QED) is 0.366. The zero-order chi connectivity index (χ0) is 21.0. The number of carbonyl (C=O) groups excluding carboxylic acids is 1.